The van der Waals surface area contributed by atoms with Gasteiger partial charge < -0.3 is 13.8 Å². The highest BCUT2D eigenvalue weighted by molar-refractivity contribution is 14.1. The van der Waals surface area contributed by atoms with Crippen molar-refractivity contribution in [3.05, 3.63) is 93.3 Å². The van der Waals surface area contributed by atoms with Crippen LogP contribution in [0, 0.1) is 9.39 Å². The van der Waals surface area contributed by atoms with E-state index in [0.29, 0.717) is 17.7 Å². The number of β-lactam (4-membered cyclic amide) rings is 1. The molecule has 0 N–H and O–H groups in total. The molecule has 1 aliphatic rings. The lowest BCUT2D eigenvalue weighted by Crippen LogP contribution is -2.46. The van der Waals surface area contributed by atoms with Gasteiger partial charge in [0.2, 0.25) is 5.91 Å². The largest absolute Gasteiger partial charge is 0.534 e. The molecule has 0 aromatic heterocycles. The van der Waals surface area contributed by atoms with E-state index in [1.54, 1.807) is 29.2 Å². The maximum absolute atomic E-state index is 12.6. The van der Waals surface area contributed by atoms with Gasteiger partial charge in [-0.1, -0.05) is 31.2 Å². The minimum absolute atomic E-state index is 0.0730. The summed E-state index contributed by atoms with van der Waals surface area (Å²) in [6.45, 7) is 3.28. The molecule has 3 aromatic rings. The number of carbonyl (C=O) groups excluding carboxylic acids is 2. The molecule has 40 heavy (non-hydrogen) atoms. The third-order valence-corrected chi connectivity index (χ3v) is 7.43. The number of benzene rings is 3. The topological polar surface area (TPSA) is 90.0 Å². The fourth-order valence-electron chi connectivity index (χ4n) is 3.79. The van der Waals surface area contributed by atoms with Gasteiger partial charge in [-0.15, -0.1) is 0 Å². The fourth-order valence-corrected chi connectivity index (χ4v) is 4.61. The minimum Gasteiger partial charge on any atom is -0.458 e. The molecule has 0 bridgehead atoms. The van der Waals surface area contributed by atoms with Crippen molar-refractivity contribution in [2.24, 2.45) is 0 Å². The van der Waals surface area contributed by atoms with E-state index < -0.39 is 21.4 Å². The van der Waals surface area contributed by atoms with Crippen LogP contribution in [0.4, 0.5) is 23.2 Å². The van der Waals surface area contributed by atoms with E-state index in [1.165, 1.54) is 31.2 Å². The summed E-state index contributed by atoms with van der Waals surface area (Å²) in [5.74, 6) is -1.12. The van der Waals surface area contributed by atoms with Crippen molar-refractivity contribution in [3.8, 4) is 5.75 Å². The second-order valence-corrected chi connectivity index (χ2v) is 11.4. The third-order valence-electron chi connectivity index (χ3n) is 5.73. The highest BCUT2D eigenvalue weighted by Gasteiger charge is 2.48. The first-order valence-corrected chi connectivity index (χ1v) is 14.3. The second-order valence-electron chi connectivity index (χ2n) is 8.57. The van der Waals surface area contributed by atoms with Crippen molar-refractivity contribution in [1.82, 2.24) is 0 Å². The first-order valence-electron chi connectivity index (χ1n) is 11.8. The zero-order valence-electron chi connectivity index (χ0n) is 21.2. The van der Waals surface area contributed by atoms with E-state index in [9.17, 15) is 35.6 Å². The van der Waals surface area contributed by atoms with E-state index in [0.717, 1.165) is 21.3 Å². The van der Waals surface area contributed by atoms with E-state index in [4.69, 9.17) is 4.74 Å². The number of anilines is 1. The van der Waals surface area contributed by atoms with Crippen LogP contribution in [0.1, 0.15) is 50.0 Å². The molecule has 214 valence electrons. The van der Waals surface area contributed by atoms with Gasteiger partial charge in [-0.05, 0) is 88.7 Å². The van der Waals surface area contributed by atoms with Crippen LogP contribution in [0.5, 0.6) is 5.75 Å². The maximum atomic E-state index is 12.6. The Bertz CT molecular complexity index is 1430. The Morgan fingerprint density at radius 3 is 2.08 bits per heavy atom. The molecular formula is C27H24F4INO6S. The summed E-state index contributed by atoms with van der Waals surface area (Å²) in [5, 5.41) is 0. The van der Waals surface area contributed by atoms with Crippen molar-refractivity contribution >= 4 is 50.3 Å². The standard InChI is InChI=1S/C16H11F3INO4S.C11H13FO2/c17-16(18,19)26(23,24)25-13-7-1-10(2-8-13)14-9-15(22)21(14)12-5-3-11(20)4-6-12;1-3-11(14-8(2)13)9-4-6-10(12)7-5-9/h1-8,14H,9H2;4-7,11H,3H2,1-2H3/t14-;/m0./s1. The molecule has 0 aliphatic carbocycles. The number of hydrogen-bond donors (Lipinski definition) is 0. The lowest BCUT2D eigenvalue weighted by Gasteiger charge is -2.40. The Kier molecular flexibility index (Phi) is 10.2. The number of hydrogen-bond acceptors (Lipinski definition) is 6. The van der Waals surface area contributed by atoms with Crippen LogP contribution in [-0.2, 0) is 24.4 Å². The molecule has 2 atom stereocenters. The second kappa shape index (κ2) is 13.0. The van der Waals surface area contributed by atoms with Gasteiger partial charge in [-0.3, -0.25) is 9.59 Å². The molecule has 3 aromatic carbocycles. The minimum atomic E-state index is -5.71. The van der Waals surface area contributed by atoms with Crippen molar-refractivity contribution in [2.75, 3.05) is 4.90 Å². The SMILES string of the molecule is CCC(OC(C)=O)c1ccc(F)cc1.O=C1C[C@@H](c2ccc(OS(=O)(=O)C(F)(F)F)cc2)N1c1ccc(I)cc1. The zero-order valence-corrected chi connectivity index (χ0v) is 24.2. The molecule has 1 amide bonds. The Morgan fingerprint density at radius 2 is 1.60 bits per heavy atom. The third kappa shape index (κ3) is 7.93. The zero-order chi connectivity index (χ0) is 29.7. The summed E-state index contributed by atoms with van der Waals surface area (Å²) >= 11 is 2.15. The number of amides is 1. The van der Waals surface area contributed by atoms with Crippen LogP contribution in [0.25, 0.3) is 0 Å². The van der Waals surface area contributed by atoms with Gasteiger partial charge in [0.25, 0.3) is 0 Å². The number of carbonyl (C=O) groups is 2. The van der Waals surface area contributed by atoms with E-state index in [1.807, 2.05) is 19.1 Å². The lowest BCUT2D eigenvalue weighted by atomic mass is 9.93. The summed E-state index contributed by atoms with van der Waals surface area (Å²) in [5.41, 5.74) is -3.29. The Balaban J connectivity index is 0.000000267. The average molecular weight is 693 g/mol. The van der Waals surface area contributed by atoms with E-state index in [2.05, 4.69) is 26.8 Å². The normalized spacial score (nSPS) is 15.8. The molecule has 0 radical (unpaired) electrons. The molecule has 1 saturated heterocycles. The molecule has 1 unspecified atom stereocenters. The number of alkyl halides is 3. The first kappa shape index (κ1) is 31.3. The number of ether oxygens (including phenoxy) is 1. The van der Waals surface area contributed by atoms with E-state index >= 15 is 0 Å². The highest BCUT2D eigenvalue weighted by Crippen LogP contribution is 2.39. The smallest absolute Gasteiger partial charge is 0.458 e. The monoisotopic (exact) mass is 693 g/mol. The summed E-state index contributed by atoms with van der Waals surface area (Å²) in [4.78, 5) is 24.3. The van der Waals surface area contributed by atoms with Gasteiger partial charge in [-0.25, -0.2) is 4.39 Å². The lowest BCUT2D eigenvalue weighted by molar-refractivity contribution is -0.146. The van der Waals surface area contributed by atoms with Gasteiger partial charge in [0.05, 0.1) is 12.5 Å². The summed E-state index contributed by atoms with van der Waals surface area (Å²) < 4.78 is 81.8. The van der Waals surface area contributed by atoms with E-state index in [-0.39, 0.29) is 36.3 Å². The van der Waals surface area contributed by atoms with Crippen LogP contribution in [0.15, 0.2) is 72.8 Å². The number of nitrogens with zero attached hydrogens (tertiary/aromatic N) is 1. The molecule has 1 heterocycles. The van der Waals surface area contributed by atoms with Crippen LogP contribution in [0.3, 0.4) is 0 Å². The maximum Gasteiger partial charge on any atom is 0.534 e. The molecule has 4 rings (SSSR count). The number of esters is 1. The Hall–Kier alpha value is -3.20. The highest BCUT2D eigenvalue weighted by atomic mass is 127. The molecule has 13 heteroatoms. The summed E-state index contributed by atoms with van der Waals surface area (Å²) in [6.07, 6.45) is 0.672. The van der Waals surface area contributed by atoms with Crippen LogP contribution in [-0.4, -0.2) is 25.8 Å². The predicted octanol–water partition coefficient (Wildman–Crippen LogP) is 6.84. The molecular weight excluding hydrogens is 669 g/mol. The van der Waals surface area contributed by atoms with Crippen LogP contribution in [0.2, 0.25) is 0 Å². The van der Waals surface area contributed by atoms with Gasteiger partial charge in [0, 0.05) is 16.2 Å². The summed E-state index contributed by atoms with van der Waals surface area (Å²) in [7, 11) is -5.71. The van der Waals surface area contributed by atoms with Gasteiger partial charge >= 0.3 is 21.6 Å². The van der Waals surface area contributed by atoms with Crippen LogP contribution >= 0.6 is 22.6 Å². The number of rotatable bonds is 7. The van der Waals surface area contributed by atoms with Crippen LogP contribution < -0.4 is 9.08 Å². The average Bonchev–Trinajstić information content (AvgIpc) is 2.88. The molecule has 7 nitrogen and oxygen atoms in total. The van der Waals surface area contributed by atoms with Crippen molar-refractivity contribution < 1.29 is 44.5 Å². The number of halogens is 5. The summed E-state index contributed by atoms with van der Waals surface area (Å²) in [6, 6.07) is 18.2. The fraction of sp³-hybridized carbons (Fsp3) is 0.259. The quantitative estimate of drug-likeness (QED) is 0.0673. The van der Waals surface area contributed by atoms with Gasteiger partial charge in [0.15, 0.2) is 0 Å². The molecule has 0 saturated carbocycles. The molecule has 0 spiro atoms. The Morgan fingerprint density at radius 1 is 1.02 bits per heavy atom. The molecule has 1 aliphatic heterocycles. The predicted molar refractivity (Wildman–Crippen MR) is 147 cm³/mol. The molecule has 1 fully saturated rings. The van der Waals surface area contributed by atoms with Crippen molar-refractivity contribution in [1.29, 1.82) is 0 Å². The van der Waals surface area contributed by atoms with Crippen molar-refractivity contribution in [2.45, 2.75) is 44.3 Å². The Labute approximate surface area is 242 Å². The van der Waals surface area contributed by atoms with Gasteiger partial charge in [-0.2, -0.15) is 21.6 Å². The first-order chi connectivity index (χ1) is 18.7. The van der Waals surface area contributed by atoms with Gasteiger partial charge in [0.1, 0.15) is 17.7 Å². The van der Waals surface area contributed by atoms with Crippen molar-refractivity contribution in [3.63, 3.8) is 0 Å².